The number of hydrazine groups is 1. The van der Waals surface area contributed by atoms with Crippen LogP contribution in [-0.2, 0) is 17.9 Å². The first kappa shape index (κ1) is 21.0. The highest BCUT2D eigenvalue weighted by molar-refractivity contribution is 6.06. The van der Waals surface area contributed by atoms with Gasteiger partial charge in [-0.05, 0) is 74.1 Å². The average molecular weight is 433 g/mol. The third-order valence-corrected chi connectivity index (χ3v) is 6.81. The Balaban J connectivity index is 1.67. The first-order chi connectivity index (χ1) is 15.6. The van der Waals surface area contributed by atoms with Gasteiger partial charge in [0.25, 0.3) is 0 Å². The highest BCUT2D eigenvalue weighted by Gasteiger charge is 2.30. The van der Waals surface area contributed by atoms with Crippen molar-refractivity contribution in [2.24, 2.45) is 0 Å². The minimum absolute atomic E-state index is 0.0412. The topological polar surface area (TPSA) is 66.5 Å². The summed E-state index contributed by atoms with van der Waals surface area (Å²) in [4.78, 5) is 18.0. The van der Waals surface area contributed by atoms with Crippen LogP contribution in [0, 0.1) is 0 Å². The number of hydrogen-bond acceptors (Lipinski definition) is 5. The molecule has 0 saturated heterocycles. The monoisotopic (exact) mass is 432 g/mol. The van der Waals surface area contributed by atoms with Gasteiger partial charge in [-0.25, -0.2) is 10.4 Å². The number of amides is 1. The van der Waals surface area contributed by atoms with E-state index in [1.54, 1.807) is 6.20 Å². The number of rotatable bonds is 4. The van der Waals surface area contributed by atoms with Crippen molar-refractivity contribution in [1.82, 2.24) is 15.7 Å². The Labute approximate surface area is 190 Å². The third-order valence-electron chi connectivity index (χ3n) is 6.81. The van der Waals surface area contributed by atoms with E-state index >= 15 is 0 Å². The van der Waals surface area contributed by atoms with Crippen molar-refractivity contribution in [3.63, 3.8) is 0 Å². The maximum Gasteiger partial charge on any atom is 0.248 e. The first-order valence-electron chi connectivity index (χ1n) is 11.9. The molecular weight excluding hydrogens is 400 g/mol. The molecule has 3 heterocycles. The lowest BCUT2D eigenvalue weighted by molar-refractivity contribution is -0.118. The van der Waals surface area contributed by atoms with Crippen LogP contribution in [0.25, 0.3) is 5.57 Å². The quantitative estimate of drug-likeness (QED) is 0.698. The second-order valence-corrected chi connectivity index (χ2v) is 9.24. The second-order valence-electron chi connectivity index (χ2n) is 9.24. The van der Waals surface area contributed by atoms with Crippen LogP contribution in [0.15, 0.2) is 36.0 Å². The molecule has 1 fully saturated rings. The zero-order valence-corrected chi connectivity index (χ0v) is 19.2. The minimum atomic E-state index is 0.0412. The molecule has 6 heteroatoms. The summed E-state index contributed by atoms with van der Waals surface area (Å²) >= 11 is 0. The number of nitrogens with zero attached hydrogens (tertiary/aromatic N) is 2. The Hall–Kier alpha value is -2.86. The van der Waals surface area contributed by atoms with Crippen LogP contribution in [0.5, 0.6) is 5.88 Å². The molecular formula is C26H32N4O2. The zero-order valence-electron chi connectivity index (χ0n) is 19.2. The maximum absolute atomic E-state index is 13.5. The molecule has 1 aromatic carbocycles. The SMILES string of the molecule is CC/C(C(=O)NC1CCCC1)=C1\c2cc3c(cc2COc2ncccc21)N(C(C)C)NC3. The smallest absolute Gasteiger partial charge is 0.248 e. The predicted molar refractivity (Wildman–Crippen MR) is 126 cm³/mol. The fourth-order valence-electron chi connectivity index (χ4n) is 5.22. The first-order valence-corrected chi connectivity index (χ1v) is 11.9. The van der Waals surface area contributed by atoms with E-state index < -0.39 is 0 Å². The van der Waals surface area contributed by atoms with Crippen LogP contribution in [0.2, 0.25) is 0 Å². The number of carbonyl (C=O) groups excluding carboxylic acids is 1. The summed E-state index contributed by atoms with van der Waals surface area (Å²) in [7, 11) is 0. The third kappa shape index (κ3) is 3.66. The molecule has 5 rings (SSSR count). The van der Waals surface area contributed by atoms with Gasteiger partial charge in [-0.1, -0.05) is 19.8 Å². The van der Waals surface area contributed by atoms with Crippen LogP contribution in [-0.4, -0.2) is 23.0 Å². The van der Waals surface area contributed by atoms with Crippen molar-refractivity contribution < 1.29 is 9.53 Å². The van der Waals surface area contributed by atoms with Gasteiger partial charge < -0.3 is 15.1 Å². The van der Waals surface area contributed by atoms with Gasteiger partial charge in [0.15, 0.2) is 0 Å². The van der Waals surface area contributed by atoms with Gasteiger partial charge in [-0.15, -0.1) is 0 Å². The molecule has 168 valence electrons. The molecule has 0 radical (unpaired) electrons. The fourth-order valence-corrected chi connectivity index (χ4v) is 5.22. The molecule has 3 aliphatic rings. The number of fused-ring (bicyclic) bond motifs is 3. The van der Waals surface area contributed by atoms with E-state index in [0.29, 0.717) is 24.9 Å². The van der Waals surface area contributed by atoms with E-state index in [1.165, 1.54) is 24.1 Å². The number of anilines is 1. The van der Waals surface area contributed by atoms with Crippen LogP contribution in [0.4, 0.5) is 5.69 Å². The van der Waals surface area contributed by atoms with Crippen molar-refractivity contribution in [3.8, 4) is 5.88 Å². The second kappa shape index (κ2) is 8.58. The minimum Gasteiger partial charge on any atom is -0.472 e. The molecule has 0 unspecified atom stereocenters. The fraction of sp³-hybridized carbons (Fsp3) is 0.462. The van der Waals surface area contributed by atoms with Gasteiger partial charge in [-0.3, -0.25) is 4.79 Å². The number of aromatic nitrogens is 1. The maximum atomic E-state index is 13.5. The Bertz CT molecular complexity index is 1070. The lowest BCUT2D eigenvalue weighted by atomic mass is 9.88. The molecule has 1 aromatic heterocycles. The summed E-state index contributed by atoms with van der Waals surface area (Å²) in [5.74, 6) is 0.636. The Kier molecular flexibility index (Phi) is 5.64. The average Bonchev–Trinajstić information content (AvgIpc) is 3.41. The van der Waals surface area contributed by atoms with Gasteiger partial charge in [-0.2, -0.15) is 0 Å². The summed E-state index contributed by atoms with van der Waals surface area (Å²) < 4.78 is 6.15. The lowest BCUT2D eigenvalue weighted by Gasteiger charge is -2.24. The van der Waals surface area contributed by atoms with Crippen molar-refractivity contribution in [1.29, 1.82) is 0 Å². The Morgan fingerprint density at radius 2 is 2.06 bits per heavy atom. The summed E-state index contributed by atoms with van der Waals surface area (Å²) in [5, 5.41) is 5.52. The molecule has 0 spiro atoms. The van der Waals surface area contributed by atoms with E-state index in [2.05, 4.69) is 53.6 Å². The van der Waals surface area contributed by atoms with Crippen LogP contribution >= 0.6 is 0 Å². The standard InChI is InChI=1S/C26H32N4O2/c1-4-20(25(31)29-19-8-5-6-9-19)24-21-10-7-11-27-26(21)32-15-18-13-23-17(12-22(18)24)14-28-30(23)16(2)3/h7,10-13,16,19,28H,4-6,8-9,14-15H2,1-3H3,(H,29,31)/b24-20+. The molecule has 0 atom stereocenters. The van der Waals surface area contributed by atoms with Crippen LogP contribution < -0.4 is 20.5 Å². The number of carbonyl (C=O) groups is 1. The molecule has 2 N–H and O–H groups in total. The predicted octanol–water partition coefficient (Wildman–Crippen LogP) is 4.48. The highest BCUT2D eigenvalue weighted by Crippen LogP contribution is 2.42. The molecule has 1 aliphatic carbocycles. The lowest BCUT2D eigenvalue weighted by Crippen LogP contribution is -2.38. The number of benzene rings is 1. The summed E-state index contributed by atoms with van der Waals surface area (Å²) in [6.07, 6.45) is 6.92. The van der Waals surface area contributed by atoms with Gasteiger partial charge >= 0.3 is 0 Å². The molecule has 0 bridgehead atoms. The Morgan fingerprint density at radius 3 is 2.81 bits per heavy atom. The molecule has 6 nitrogen and oxygen atoms in total. The van der Waals surface area contributed by atoms with Crippen LogP contribution in [0.1, 0.15) is 75.1 Å². The normalized spacial score (nSPS) is 19.2. The number of hydrogen-bond donors (Lipinski definition) is 2. The number of ether oxygens (including phenoxy) is 1. The van der Waals surface area contributed by atoms with Gasteiger partial charge in [0, 0.05) is 41.5 Å². The van der Waals surface area contributed by atoms with Gasteiger partial charge in [0.2, 0.25) is 11.8 Å². The molecule has 1 amide bonds. The van der Waals surface area contributed by atoms with E-state index in [4.69, 9.17) is 4.74 Å². The zero-order chi connectivity index (χ0) is 22.2. The van der Waals surface area contributed by atoms with E-state index in [-0.39, 0.29) is 11.9 Å². The van der Waals surface area contributed by atoms with E-state index in [1.807, 2.05) is 12.1 Å². The van der Waals surface area contributed by atoms with Gasteiger partial charge in [0.05, 0.1) is 5.69 Å². The summed E-state index contributed by atoms with van der Waals surface area (Å²) in [6, 6.07) is 9.04. The van der Waals surface area contributed by atoms with E-state index in [9.17, 15) is 4.79 Å². The summed E-state index contributed by atoms with van der Waals surface area (Å²) in [5.41, 5.74) is 10.8. The van der Waals surface area contributed by atoms with Crippen molar-refractivity contribution >= 4 is 17.2 Å². The van der Waals surface area contributed by atoms with Crippen LogP contribution in [0.3, 0.4) is 0 Å². The van der Waals surface area contributed by atoms with E-state index in [0.717, 1.165) is 47.2 Å². The molecule has 32 heavy (non-hydrogen) atoms. The van der Waals surface area contributed by atoms with Crippen molar-refractivity contribution in [2.75, 3.05) is 5.01 Å². The highest BCUT2D eigenvalue weighted by atomic mass is 16.5. The molecule has 1 saturated carbocycles. The molecule has 2 aliphatic heterocycles. The molecule has 2 aromatic rings. The largest absolute Gasteiger partial charge is 0.472 e. The number of pyridine rings is 1. The van der Waals surface area contributed by atoms with Gasteiger partial charge in [0.1, 0.15) is 6.61 Å². The Morgan fingerprint density at radius 1 is 1.25 bits per heavy atom. The van der Waals surface area contributed by atoms with Crippen molar-refractivity contribution in [2.45, 2.75) is 78.1 Å². The summed E-state index contributed by atoms with van der Waals surface area (Å²) in [6.45, 7) is 7.64. The van der Waals surface area contributed by atoms with Crippen molar-refractivity contribution in [3.05, 3.63) is 58.3 Å². The number of nitrogens with one attached hydrogen (secondary N) is 2.